The van der Waals surface area contributed by atoms with Gasteiger partial charge in [-0.3, -0.25) is 9.59 Å². The van der Waals surface area contributed by atoms with Crippen molar-refractivity contribution < 1.29 is 38.4 Å². The number of methoxy groups -OCH3 is 3. The van der Waals surface area contributed by atoms with Crippen molar-refractivity contribution in [3.8, 4) is 28.7 Å². The van der Waals surface area contributed by atoms with E-state index >= 15 is 0 Å². The second-order valence-corrected chi connectivity index (χ2v) is 9.66. The molecule has 2 atom stereocenters. The lowest BCUT2D eigenvalue weighted by molar-refractivity contribution is -0.116. The molecule has 0 radical (unpaired) electrons. The van der Waals surface area contributed by atoms with Crippen LogP contribution in [0.4, 0.5) is 0 Å². The average molecular weight is 567 g/mol. The van der Waals surface area contributed by atoms with Gasteiger partial charge in [-0.15, -0.1) is 6.58 Å². The summed E-state index contributed by atoms with van der Waals surface area (Å²) in [6.07, 6.45) is 7.58. The van der Waals surface area contributed by atoms with Crippen LogP contribution in [0, 0.1) is 0 Å². The Kier molecular flexibility index (Phi) is 7.99. The Morgan fingerprint density at radius 2 is 1.64 bits per heavy atom. The van der Waals surface area contributed by atoms with E-state index in [1.165, 1.54) is 18.2 Å². The van der Waals surface area contributed by atoms with Gasteiger partial charge in [-0.1, -0.05) is 36.4 Å². The fourth-order valence-electron chi connectivity index (χ4n) is 4.99. The molecule has 8 nitrogen and oxygen atoms in total. The van der Waals surface area contributed by atoms with Gasteiger partial charge in [0.15, 0.2) is 29.7 Å². The molecule has 2 aliphatic heterocycles. The lowest BCUT2D eigenvalue weighted by atomic mass is 9.86. The van der Waals surface area contributed by atoms with E-state index in [2.05, 4.69) is 6.58 Å². The number of hydrogen-bond acceptors (Lipinski definition) is 8. The van der Waals surface area contributed by atoms with Gasteiger partial charge in [0.25, 0.3) is 5.79 Å². The zero-order valence-corrected chi connectivity index (χ0v) is 23.5. The Morgan fingerprint density at radius 3 is 2.33 bits per heavy atom. The van der Waals surface area contributed by atoms with Gasteiger partial charge in [0.05, 0.1) is 21.3 Å². The summed E-state index contributed by atoms with van der Waals surface area (Å²) in [4.78, 5) is 23.1. The SMILES string of the molecule is C=CC(C1=CC(=O)C=CC1=O)c1ccccc1.COc1ccc2c(c1)OC1(O)COc3cc(OC)c(OC)cc3C1=C2. The predicted octanol–water partition coefficient (Wildman–Crippen LogP) is 5.32. The summed E-state index contributed by atoms with van der Waals surface area (Å²) >= 11 is 0. The third kappa shape index (κ3) is 5.44. The largest absolute Gasteiger partial charge is 0.497 e. The number of aliphatic hydroxyl groups is 1. The summed E-state index contributed by atoms with van der Waals surface area (Å²) in [5, 5.41) is 11.0. The Labute approximate surface area is 243 Å². The summed E-state index contributed by atoms with van der Waals surface area (Å²) in [7, 11) is 4.71. The first-order valence-electron chi connectivity index (χ1n) is 13.2. The van der Waals surface area contributed by atoms with E-state index in [-0.39, 0.29) is 24.1 Å². The number of allylic oxidation sites excluding steroid dienone is 5. The minimum Gasteiger partial charge on any atom is -0.497 e. The number of carbonyl (C=O) groups excluding carboxylic acids is 2. The number of ether oxygens (including phenoxy) is 5. The molecule has 0 bridgehead atoms. The molecular weight excluding hydrogens is 536 g/mol. The molecule has 42 heavy (non-hydrogen) atoms. The molecule has 0 fully saturated rings. The minimum atomic E-state index is -1.58. The molecule has 3 aromatic carbocycles. The standard InChI is InChI=1S/C19H18O6.C15H12O2/c1-21-12-5-4-11-6-14-13-8-17(22-2)18(23-3)9-16(13)24-10-19(14,20)25-15(11)7-12;1-2-13(11-6-4-3-5-7-11)14-10-12(16)8-9-15(14)17/h4-9,20H,10H2,1-3H3;2-10,13H,1H2. The zero-order chi connectivity index (χ0) is 29.9. The molecule has 0 spiro atoms. The number of ketones is 2. The third-order valence-corrected chi connectivity index (χ3v) is 7.13. The first kappa shape index (κ1) is 28.4. The van der Waals surface area contributed by atoms with Crippen molar-refractivity contribution in [2.24, 2.45) is 0 Å². The minimum absolute atomic E-state index is 0.0298. The van der Waals surface area contributed by atoms with E-state index in [4.69, 9.17) is 23.7 Å². The molecule has 2 unspecified atom stereocenters. The molecule has 0 aromatic heterocycles. The smallest absolute Gasteiger partial charge is 0.270 e. The highest BCUT2D eigenvalue weighted by molar-refractivity contribution is 6.18. The highest BCUT2D eigenvalue weighted by atomic mass is 16.7. The van der Waals surface area contributed by atoms with Gasteiger partial charge in [0.1, 0.15) is 17.2 Å². The molecule has 6 rings (SSSR count). The van der Waals surface area contributed by atoms with E-state index in [0.29, 0.717) is 45.5 Å². The highest BCUT2D eigenvalue weighted by Gasteiger charge is 2.44. The van der Waals surface area contributed by atoms with E-state index in [1.54, 1.807) is 45.6 Å². The summed E-state index contributed by atoms with van der Waals surface area (Å²) in [5.41, 5.74) is 3.62. The van der Waals surface area contributed by atoms with Gasteiger partial charge in [-0.25, -0.2) is 0 Å². The summed E-state index contributed by atoms with van der Waals surface area (Å²) in [6, 6.07) is 18.5. The van der Waals surface area contributed by atoms with Gasteiger partial charge in [-0.2, -0.15) is 0 Å². The van der Waals surface area contributed by atoms with Crippen LogP contribution in [0.25, 0.3) is 11.6 Å². The van der Waals surface area contributed by atoms with Crippen molar-refractivity contribution in [3.63, 3.8) is 0 Å². The first-order valence-corrected chi connectivity index (χ1v) is 13.2. The molecule has 0 saturated carbocycles. The average Bonchev–Trinajstić information content (AvgIpc) is 3.01. The fourth-order valence-corrected chi connectivity index (χ4v) is 4.99. The number of rotatable bonds is 6. The van der Waals surface area contributed by atoms with Gasteiger partial charge >= 0.3 is 0 Å². The van der Waals surface area contributed by atoms with Gasteiger partial charge in [0.2, 0.25) is 0 Å². The quantitative estimate of drug-likeness (QED) is 0.316. The second kappa shape index (κ2) is 11.8. The van der Waals surface area contributed by atoms with Crippen LogP contribution in [0.1, 0.15) is 22.6 Å². The van der Waals surface area contributed by atoms with Crippen LogP contribution < -0.4 is 23.7 Å². The Morgan fingerprint density at radius 1 is 0.905 bits per heavy atom. The summed E-state index contributed by atoms with van der Waals surface area (Å²) in [5.74, 6) is 0.837. The molecular formula is C34H30O8. The molecule has 3 aromatic rings. The van der Waals surface area contributed by atoms with Crippen LogP contribution in [0.2, 0.25) is 0 Å². The number of benzene rings is 3. The molecule has 1 N–H and O–H groups in total. The van der Waals surface area contributed by atoms with E-state index in [9.17, 15) is 14.7 Å². The van der Waals surface area contributed by atoms with Gasteiger partial charge in [-0.05, 0) is 48.1 Å². The monoisotopic (exact) mass is 566 g/mol. The fraction of sp³-hybridized carbons (Fsp3) is 0.176. The van der Waals surface area contributed by atoms with Crippen LogP contribution in [0.15, 0.2) is 97.1 Å². The number of fused-ring (bicyclic) bond motifs is 4. The van der Waals surface area contributed by atoms with Crippen molar-refractivity contribution in [2.75, 3.05) is 27.9 Å². The van der Waals surface area contributed by atoms with Gasteiger partial charge in [0, 0.05) is 40.3 Å². The van der Waals surface area contributed by atoms with Crippen LogP contribution in [-0.4, -0.2) is 50.4 Å². The topological polar surface area (TPSA) is 101 Å². The summed E-state index contributed by atoms with van der Waals surface area (Å²) < 4.78 is 27.5. The Hall–Kier alpha value is -5.08. The second-order valence-electron chi connectivity index (χ2n) is 9.66. The van der Waals surface area contributed by atoms with Crippen molar-refractivity contribution >= 4 is 23.2 Å². The van der Waals surface area contributed by atoms with Crippen LogP contribution >= 0.6 is 0 Å². The Bertz CT molecular complexity index is 1630. The third-order valence-electron chi connectivity index (χ3n) is 7.13. The predicted molar refractivity (Wildman–Crippen MR) is 158 cm³/mol. The molecule has 1 aliphatic carbocycles. The first-order chi connectivity index (χ1) is 20.3. The van der Waals surface area contributed by atoms with E-state index < -0.39 is 5.79 Å². The zero-order valence-electron chi connectivity index (χ0n) is 23.5. The maximum absolute atomic E-state index is 11.8. The van der Waals surface area contributed by atoms with Crippen LogP contribution in [0.3, 0.4) is 0 Å². The Balaban J connectivity index is 0.000000181. The molecule has 0 saturated heterocycles. The summed E-state index contributed by atoms with van der Waals surface area (Å²) in [6.45, 7) is 3.71. The molecule has 0 amide bonds. The lowest BCUT2D eigenvalue weighted by Crippen LogP contribution is -2.47. The van der Waals surface area contributed by atoms with Crippen molar-refractivity contribution in [1.82, 2.24) is 0 Å². The van der Waals surface area contributed by atoms with Gasteiger partial charge < -0.3 is 28.8 Å². The van der Waals surface area contributed by atoms with E-state index in [0.717, 1.165) is 11.1 Å². The molecule has 2 heterocycles. The normalized spacial score (nSPS) is 18.7. The maximum Gasteiger partial charge on any atom is 0.270 e. The number of hydrogen-bond donors (Lipinski definition) is 1. The van der Waals surface area contributed by atoms with Crippen molar-refractivity contribution in [2.45, 2.75) is 11.7 Å². The van der Waals surface area contributed by atoms with Crippen molar-refractivity contribution in [3.05, 3.63) is 114 Å². The van der Waals surface area contributed by atoms with Crippen LogP contribution in [0.5, 0.6) is 28.7 Å². The lowest BCUT2D eigenvalue weighted by Gasteiger charge is -2.39. The molecule has 3 aliphatic rings. The molecule has 214 valence electrons. The van der Waals surface area contributed by atoms with E-state index in [1.807, 2.05) is 48.5 Å². The van der Waals surface area contributed by atoms with Crippen LogP contribution in [-0.2, 0) is 9.59 Å². The number of carbonyl (C=O) groups is 2. The van der Waals surface area contributed by atoms with Crippen molar-refractivity contribution in [1.29, 1.82) is 0 Å². The highest BCUT2D eigenvalue weighted by Crippen LogP contribution is 2.49. The maximum atomic E-state index is 11.8. The molecule has 8 heteroatoms.